The first-order valence-electron chi connectivity index (χ1n) is 6.80. The van der Waals surface area contributed by atoms with E-state index in [1.807, 2.05) is 0 Å². The Hall–Kier alpha value is -1.91. The molecule has 1 fully saturated rings. The number of aliphatic carboxylic acids is 1. The Morgan fingerprint density at radius 3 is 2.64 bits per heavy atom. The molecule has 0 saturated carbocycles. The molecular formula is C12H16N4O5S. The first kappa shape index (κ1) is 15.0. The molecule has 0 atom stereocenters. The number of nitrogens with zero attached hydrogens (tertiary/aromatic N) is 3. The highest BCUT2D eigenvalue weighted by atomic mass is 32.2. The largest absolute Gasteiger partial charge is 0.478 e. The summed E-state index contributed by atoms with van der Waals surface area (Å²) in [7, 11) is -3.82. The van der Waals surface area contributed by atoms with Crippen LogP contribution < -0.4 is 5.73 Å². The number of hydrogen-bond donors (Lipinski definition) is 2. The SMILES string of the molecule is Nc1nc2c(n1S(=O)(=O)N1CCOCC1)CCC(C(=O)O)=C2. The third-order valence-corrected chi connectivity index (χ3v) is 5.61. The number of ether oxygens (including phenoxy) is 1. The first-order chi connectivity index (χ1) is 10.4. The lowest BCUT2D eigenvalue weighted by Gasteiger charge is -2.27. The fourth-order valence-corrected chi connectivity index (χ4v) is 4.21. The summed E-state index contributed by atoms with van der Waals surface area (Å²) in [5.41, 5.74) is 6.70. The topological polar surface area (TPSA) is 128 Å². The number of morpholine rings is 1. The molecular weight excluding hydrogens is 312 g/mol. The molecule has 22 heavy (non-hydrogen) atoms. The monoisotopic (exact) mass is 328 g/mol. The van der Waals surface area contributed by atoms with E-state index in [9.17, 15) is 13.2 Å². The highest BCUT2D eigenvalue weighted by Gasteiger charge is 2.33. The molecule has 1 aliphatic heterocycles. The Morgan fingerprint density at radius 2 is 2.00 bits per heavy atom. The predicted molar refractivity (Wildman–Crippen MR) is 77.3 cm³/mol. The van der Waals surface area contributed by atoms with Gasteiger partial charge in [-0.15, -0.1) is 0 Å². The van der Waals surface area contributed by atoms with Gasteiger partial charge >= 0.3 is 16.2 Å². The Labute approximate surface area is 127 Å². The third-order valence-electron chi connectivity index (χ3n) is 3.73. The molecule has 1 saturated heterocycles. The van der Waals surface area contributed by atoms with Crippen molar-refractivity contribution in [2.45, 2.75) is 12.8 Å². The number of carboxylic acid groups (broad SMARTS) is 1. The molecule has 120 valence electrons. The summed E-state index contributed by atoms with van der Waals surface area (Å²) in [5, 5.41) is 9.03. The van der Waals surface area contributed by atoms with E-state index in [2.05, 4.69) is 4.98 Å². The van der Waals surface area contributed by atoms with Gasteiger partial charge in [0.15, 0.2) is 0 Å². The number of imidazole rings is 1. The zero-order valence-electron chi connectivity index (χ0n) is 11.7. The van der Waals surface area contributed by atoms with Crippen LogP contribution in [0.1, 0.15) is 17.8 Å². The maximum atomic E-state index is 12.7. The summed E-state index contributed by atoms with van der Waals surface area (Å²) in [6.45, 7) is 1.17. The average Bonchev–Trinajstić information content (AvgIpc) is 2.83. The number of aromatic nitrogens is 2. The Kier molecular flexibility index (Phi) is 3.67. The molecule has 1 aromatic heterocycles. The van der Waals surface area contributed by atoms with Crippen molar-refractivity contribution in [3.63, 3.8) is 0 Å². The summed E-state index contributed by atoms with van der Waals surface area (Å²) in [6, 6.07) is 0. The zero-order valence-corrected chi connectivity index (χ0v) is 12.5. The number of nitrogen functional groups attached to an aromatic ring is 1. The van der Waals surface area contributed by atoms with Crippen LogP contribution in [0.5, 0.6) is 0 Å². The van der Waals surface area contributed by atoms with E-state index in [1.54, 1.807) is 0 Å². The van der Waals surface area contributed by atoms with Crippen molar-refractivity contribution in [3.05, 3.63) is 17.0 Å². The minimum absolute atomic E-state index is 0.153. The van der Waals surface area contributed by atoms with Gasteiger partial charge in [0.05, 0.1) is 24.6 Å². The van der Waals surface area contributed by atoms with E-state index in [4.69, 9.17) is 15.6 Å². The number of fused-ring (bicyclic) bond motifs is 1. The molecule has 2 heterocycles. The van der Waals surface area contributed by atoms with Crippen molar-refractivity contribution in [2.75, 3.05) is 32.0 Å². The molecule has 0 spiro atoms. The molecule has 0 radical (unpaired) electrons. The van der Waals surface area contributed by atoms with Gasteiger partial charge in [0, 0.05) is 18.7 Å². The summed E-state index contributed by atoms with van der Waals surface area (Å²) in [6.07, 6.45) is 1.89. The van der Waals surface area contributed by atoms with Gasteiger partial charge in [-0.05, 0) is 18.9 Å². The lowest BCUT2D eigenvalue weighted by Crippen LogP contribution is -2.44. The molecule has 2 aliphatic rings. The molecule has 0 aromatic carbocycles. The second-order valence-corrected chi connectivity index (χ2v) is 6.84. The standard InChI is InChI=1S/C12H16N4O5S/c13-12-14-9-7-8(11(17)18)1-2-10(9)16(12)22(19,20)15-3-5-21-6-4-15/h7H,1-6H2,(H2,13,14)(H,17,18). The molecule has 1 aromatic rings. The number of rotatable bonds is 3. The van der Waals surface area contributed by atoms with Gasteiger partial charge in [-0.25, -0.2) is 9.78 Å². The van der Waals surface area contributed by atoms with Crippen molar-refractivity contribution in [1.82, 2.24) is 13.3 Å². The molecule has 1 aliphatic carbocycles. The van der Waals surface area contributed by atoms with Crippen LogP contribution >= 0.6 is 0 Å². The first-order valence-corrected chi connectivity index (χ1v) is 8.20. The molecule has 0 amide bonds. The molecule has 10 heteroatoms. The van der Waals surface area contributed by atoms with Crippen molar-refractivity contribution >= 4 is 28.2 Å². The fraction of sp³-hybridized carbons (Fsp3) is 0.500. The second-order valence-electron chi connectivity index (χ2n) is 5.06. The van der Waals surface area contributed by atoms with Gasteiger partial charge in [-0.1, -0.05) is 0 Å². The van der Waals surface area contributed by atoms with E-state index in [-0.39, 0.29) is 37.5 Å². The second kappa shape index (κ2) is 5.38. The normalized spacial score (nSPS) is 19.5. The van der Waals surface area contributed by atoms with Gasteiger partial charge in [0.2, 0.25) is 5.95 Å². The minimum atomic E-state index is -3.82. The lowest BCUT2D eigenvalue weighted by atomic mass is 10.0. The van der Waals surface area contributed by atoms with Gasteiger partial charge in [0.25, 0.3) is 0 Å². The Balaban J connectivity index is 2.04. The lowest BCUT2D eigenvalue weighted by molar-refractivity contribution is -0.132. The zero-order chi connectivity index (χ0) is 15.9. The van der Waals surface area contributed by atoms with E-state index < -0.39 is 16.2 Å². The Bertz CT molecular complexity index is 746. The van der Waals surface area contributed by atoms with E-state index >= 15 is 0 Å². The van der Waals surface area contributed by atoms with Gasteiger partial charge in [-0.2, -0.15) is 16.7 Å². The van der Waals surface area contributed by atoms with Gasteiger partial charge in [0.1, 0.15) is 0 Å². The van der Waals surface area contributed by atoms with Gasteiger partial charge in [-0.3, -0.25) is 0 Å². The molecule has 3 rings (SSSR count). The van der Waals surface area contributed by atoms with Crippen LogP contribution in [0.2, 0.25) is 0 Å². The summed E-state index contributed by atoms with van der Waals surface area (Å²) in [5.74, 6) is -1.19. The summed E-state index contributed by atoms with van der Waals surface area (Å²) < 4.78 is 32.9. The van der Waals surface area contributed by atoms with Gasteiger partial charge < -0.3 is 15.6 Å². The van der Waals surface area contributed by atoms with Crippen LogP contribution in [-0.2, 0) is 26.2 Å². The van der Waals surface area contributed by atoms with Crippen LogP contribution in [0.3, 0.4) is 0 Å². The molecule has 3 N–H and O–H groups in total. The van der Waals surface area contributed by atoms with Crippen molar-refractivity contribution < 1.29 is 23.1 Å². The van der Waals surface area contributed by atoms with Crippen LogP contribution in [0.15, 0.2) is 5.57 Å². The Morgan fingerprint density at radius 1 is 1.32 bits per heavy atom. The highest BCUT2D eigenvalue weighted by molar-refractivity contribution is 7.87. The number of hydrogen-bond acceptors (Lipinski definition) is 6. The van der Waals surface area contributed by atoms with Crippen LogP contribution in [0, 0.1) is 0 Å². The maximum absolute atomic E-state index is 12.7. The summed E-state index contributed by atoms with van der Waals surface area (Å²) >= 11 is 0. The third kappa shape index (κ3) is 2.38. The minimum Gasteiger partial charge on any atom is -0.478 e. The predicted octanol–water partition coefficient (Wildman–Crippen LogP) is -0.695. The smallest absolute Gasteiger partial charge is 0.331 e. The number of anilines is 1. The summed E-state index contributed by atoms with van der Waals surface area (Å²) in [4.78, 5) is 15.0. The molecule has 0 bridgehead atoms. The van der Waals surface area contributed by atoms with Crippen molar-refractivity contribution in [3.8, 4) is 0 Å². The molecule has 9 nitrogen and oxygen atoms in total. The van der Waals surface area contributed by atoms with E-state index in [1.165, 1.54) is 10.4 Å². The quantitative estimate of drug-likeness (QED) is 0.751. The average molecular weight is 328 g/mol. The fourth-order valence-electron chi connectivity index (χ4n) is 2.63. The number of carbonyl (C=O) groups is 1. The highest BCUT2D eigenvalue weighted by Crippen LogP contribution is 2.28. The number of carboxylic acids is 1. The van der Waals surface area contributed by atoms with Crippen LogP contribution in [0.4, 0.5) is 5.95 Å². The van der Waals surface area contributed by atoms with E-state index in [0.29, 0.717) is 24.6 Å². The van der Waals surface area contributed by atoms with Crippen LogP contribution in [0.25, 0.3) is 6.08 Å². The van der Waals surface area contributed by atoms with Crippen LogP contribution in [-0.4, -0.2) is 59.1 Å². The maximum Gasteiger partial charge on any atom is 0.331 e. The van der Waals surface area contributed by atoms with Crippen molar-refractivity contribution in [1.29, 1.82) is 0 Å². The van der Waals surface area contributed by atoms with Crippen molar-refractivity contribution in [2.24, 2.45) is 0 Å². The number of nitrogens with two attached hydrogens (primary N) is 1. The van der Waals surface area contributed by atoms with E-state index in [0.717, 1.165) is 3.97 Å². The molecule has 0 unspecified atom stereocenters.